The average molecular weight is 336 g/mol. The van der Waals surface area contributed by atoms with E-state index in [1.165, 1.54) is 6.26 Å². The third-order valence-corrected chi connectivity index (χ3v) is 3.76. The van der Waals surface area contributed by atoms with Gasteiger partial charge in [-0.15, -0.1) is 11.6 Å². The minimum absolute atomic E-state index is 0.0792. The van der Waals surface area contributed by atoms with Crippen LogP contribution in [0.15, 0.2) is 33.4 Å². The third kappa shape index (κ3) is 2.45. The molecule has 0 saturated heterocycles. The van der Waals surface area contributed by atoms with Gasteiger partial charge in [0.25, 0.3) is 0 Å². The minimum Gasteiger partial charge on any atom is -0.469 e. The van der Waals surface area contributed by atoms with Crippen molar-refractivity contribution >= 4 is 27.5 Å². The first kappa shape index (κ1) is 13.6. The molecule has 5 heteroatoms. The van der Waals surface area contributed by atoms with Crippen molar-refractivity contribution in [2.45, 2.75) is 18.7 Å². The van der Waals surface area contributed by atoms with Crippen LogP contribution in [0.1, 0.15) is 29.2 Å². The zero-order valence-corrected chi connectivity index (χ0v) is 11.9. The van der Waals surface area contributed by atoms with Crippen LogP contribution in [0.3, 0.4) is 0 Å². The van der Waals surface area contributed by atoms with Gasteiger partial charge in [-0.1, -0.05) is 6.92 Å². The van der Waals surface area contributed by atoms with E-state index in [-0.39, 0.29) is 10.0 Å². The van der Waals surface area contributed by atoms with Crippen LogP contribution in [0, 0.1) is 11.6 Å². The minimum atomic E-state index is -0.763. The molecule has 0 fully saturated rings. The van der Waals surface area contributed by atoms with E-state index in [2.05, 4.69) is 15.9 Å². The Kier molecular flexibility index (Phi) is 4.07. The first-order chi connectivity index (χ1) is 8.54. The molecule has 0 aliphatic rings. The van der Waals surface area contributed by atoms with Crippen LogP contribution in [0.5, 0.6) is 0 Å². The molecule has 96 valence electrons. The molecule has 0 aliphatic carbocycles. The topological polar surface area (TPSA) is 13.1 Å². The molecule has 1 aromatic carbocycles. The summed E-state index contributed by atoms with van der Waals surface area (Å²) in [6.45, 7) is 1.91. The molecule has 2 rings (SSSR count). The summed E-state index contributed by atoms with van der Waals surface area (Å²) in [7, 11) is 0. The Labute approximate surface area is 117 Å². The summed E-state index contributed by atoms with van der Waals surface area (Å²) < 4.78 is 32.6. The molecular weight excluding hydrogens is 325 g/mol. The maximum Gasteiger partial charge on any atom is 0.137 e. The Bertz CT molecular complexity index is 568. The highest BCUT2D eigenvalue weighted by molar-refractivity contribution is 9.10. The molecule has 1 heterocycles. The standard InChI is InChI=1S/C13H10BrClF2O/c1-2-12-7(3-4-18-12)13(15)8-5-11(17)9(14)6-10(8)16/h3-6,13H,2H2,1H3. The van der Waals surface area contributed by atoms with Crippen molar-refractivity contribution in [3.63, 3.8) is 0 Å². The SMILES string of the molecule is CCc1occc1C(Cl)c1cc(F)c(Br)cc1F. The fourth-order valence-electron chi connectivity index (χ4n) is 1.76. The van der Waals surface area contributed by atoms with E-state index in [0.29, 0.717) is 17.7 Å². The molecule has 1 nitrogen and oxygen atoms in total. The number of rotatable bonds is 3. The number of benzene rings is 1. The van der Waals surface area contributed by atoms with Crippen LogP contribution < -0.4 is 0 Å². The lowest BCUT2D eigenvalue weighted by Gasteiger charge is -2.11. The number of hydrogen-bond donors (Lipinski definition) is 0. The van der Waals surface area contributed by atoms with Crippen molar-refractivity contribution in [3.05, 3.63) is 57.5 Å². The van der Waals surface area contributed by atoms with Gasteiger partial charge in [0.05, 0.1) is 16.1 Å². The second-order valence-electron chi connectivity index (χ2n) is 3.80. The molecule has 2 aromatic rings. The summed E-state index contributed by atoms with van der Waals surface area (Å²) in [6, 6.07) is 3.85. The lowest BCUT2D eigenvalue weighted by molar-refractivity contribution is 0.511. The van der Waals surface area contributed by atoms with Crippen LogP contribution in [0.2, 0.25) is 0 Å². The van der Waals surface area contributed by atoms with Crippen molar-refractivity contribution < 1.29 is 13.2 Å². The van der Waals surface area contributed by atoms with Gasteiger partial charge in [-0.3, -0.25) is 0 Å². The summed E-state index contributed by atoms with van der Waals surface area (Å²) in [5.41, 5.74) is 0.772. The summed E-state index contributed by atoms with van der Waals surface area (Å²) >= 11 is 9.13. The fourth-order valence-corrected chi connectivity index (χ4v) is 2.44. The van der Waals surface area contributed by atoms with E-state index in [4.69, 9.17) is 16.0 Å². The van der Waals surface area contributed by atoms with E-state index < -0.39 is 17.0 Å². The molecule has 0 N–H and O–H groups in total. The first-order valence-corrected chi connectivity index (χ1v) is 6.62. The highest BCUT2D eigenvalue weighted by Gasteiger charge is 2.21. The van der Waals surface area contributed by atoms with Crippen LogP contribution in [0.25, 0.3) is 0 Å². The highest BCUT2D eigenvalue weighted by Crippen LogP contribution is 2.35. The molecule has 18 heavy (non-hydrogen) atoms. The number of aryl methyl sites for hydroxylation is 1. The van der Waals surface area contributed by atoms with Gasteiger partial charge in [0.2, 0.25) is 0 Å². The van der Waals surface area contributed by atoms with Gasteiger partial charge in [-0.2, -0.15) is 0 Å². The summed E-state index contributed by atoms with van der Waals surface area (Å²) in [5.74, 6) is -0.414. The van der Waals surface area contributed by atoms with Crippen molar-refractivity contribution in [2.24, 2.45) is 0 Å². The molecule has 1 atom stereocenters. The maximum atomic E-state index is 13.8. The molecule has 0 bridgehead atoms. The van der Waals surface area contributed by atoms with Crippen LogP contribution >= 0.6 is 27.5 Å². The van der Waals surface area contributed by atoms with Gasteiger partial charge in [-0.05, 0) is 34.1 Å². The Hall–Kier alpha value is -0.870. The summed E-state index contributed by atoms with van der Waals surface area (Å²) in [4.78, 5) is 0. The van der Waals surface area contributed by atoms with Crippen molar-refractivity contribution in [1.29, 1.82) is 0 Å². The first-order valence-electron chi connectivity index (χ1n) is 5.39. The van der Waals surface area contributed by atoms with Crippen molar-refractivity contribution in [2.75, 3.05) is 0 Å². The lowest BCUT2D eigenvalue weighted by atomic mass is 10.0. The van der Waals surface area contributed by atoms with Gasteiger partial charge >= 0.3 is 0 Å². The second kappa shape index (κ2) is 5.41. The number of alkyl halides is 1. The zero-order chi connectivity index (χ0) is 13.3. The average Bonchev–Trinajstić information content (AvgIpc) is 2.81. The Balaban J connectivity index is 2.46. The lowest BCUT2D eigenvalue weighted by Crippen LogP contribution is -2.00. The molecule has 0 amide bonds. The number of hydrogen-bond acceptors (Lipinski definition) is 1. The summed E-state index contributed by atoms with van der Waals surface area (Å²) in [6.07, 6.45) is 2.14. The van der Waals surface area contributed by atoms with Crippen LogP contribution in [-0.2, 0) is 6.42 Å². The normalized spacial score (nSPS) is 12.7. The maximum absolute atomic E-state index is 13.8. The number of furan rings is 1. The van der Waals surface area contributed by atoms with Gasteiger partial charge in [0, 0.05) is 17.5 Å². The van der Waals surface area contributed by atoms with E-state index in [1.54, 1.807) is 6.07 Å². The third-order valence-electron chi connectivity index (χ3n) is 2.69. The fraction of sp³-hybridized carbons (Fsp3) is 0.231. The summed E-state index contributed by atoms with van der Waals surface area (Å²) in [5, 5.41) is -0.763. The van der Waals surface area contributed by atoms with E-state index >= 15 is 0 Å². The molecule has 0 spiro atoms. The Morgan fingerprint density at radius 2 is 2.00 bits per heavy atom. The highest BCUT2D eigenvalue weighted by atomic mass is 79.9. The quantitative estimate of drug-likeness (QED) is 0.554. The zero-order valence-electron chi connectivity index (χ0n) is 9.51. The number of halogens is 4. The van der Waals surface area contributed by atoms with E-state index in [0.717, 1.165) is 12.1 Å². The second-order valence-corrected chi connectivity index (χ2v) is 5.09. The monoisotopic (exact) mass is 334 g/mol. The van der Waals surface area contributed by atoms with E-state index in [9.17, 15) is 8.78 Å². The predicted octanol–water partition coefficient (Wildman–Crippen LogP) is 5.21. The predicted molar refractivity (Wildman–Crippen MR) is 69.8 cm³/mol. The van der Waals surface area contributed by atoms with Gasteiger partial charge in [0.1, 0.15) is 17.4 Å². The van der Waals surface area contributed by atoms with Crippen molar-refractivity contribution in [1.82, 2.24) is 0 Å². The molecule has 0 radical (unpaired) electrons. The molecule has 1 unspecified atom stereocenters. The molecule has 0 aliphatic heterocycles. The Morgan fingerprint density at radius 1 is 1.28 bits per heavy atom. The van der Waals surface area contributed by atoms with E-state index in [1.807, 2.05) is 6.92 Å². The van der Waals surface area contributed by atoms with Crippen LogP contribution in [-0.4, -0.2) is 0 Å². The van der Waals surface area contributed by atoms with Gasteiger partial charge < -0.3 is 4.42 Å². The smallest absolute Gasteiger partial charge is 0.137 e. The van der Waals surface area contributed by atoms with Crippen LogP contribution in [0.4, 0.5) is 8.78 Å². The largest absolute Gasteiger partial charge is 0.469 e. The molecular formula is C13H10BrClF2O. The molecule has 1 aromatic heterocycles. The van der Waals surface area contributed by atoms with Crippen molar-refractivity contribution in [3.8, 4) is 0 Å². The molecule has 0 saturated carbocycles. The Morgan fingerprint density at radius 3 is 2.67 bits per heavy atom. The van der Waals surface area contributed by atoms with Gasteiger partial charge in [0.15, 0.2) is 0 Å². The van der Waals surface area contributed by atoms with Gasteiger partial charge in [-0.25, -0.2) is 8.78 Å².